The second-order valence-electron chi connectivity index (χ2n) is 9.12. The van der Waals surface area contributed by atoms with E-state index in [1.807, 2.05) is 0 Å². The van der Waals surface area contributed by atoms with Crippen LogP contribution >= 0.6 is 0 Å². The van der Waals surface area contributed by atoms with Crippen LogP contribution in [0.15, 0.2) is 27.5 Å². The average molecular weight is 464 g/mol. The molecule has 1 saturated heterocycles. The third-order valence-corrected chi connectivity index (χ3v) is 8.25. The Hall–Kier alpha value is -1.90. The van der Waals surface area contributed by atoms with Gasteiger partial charge in [-0.15, -0.1) is 0 Å². The summed E-state index contributed by atoms with van der Waals surface area (Å²) < 4.78 is 33.9. The number of sulfonamides is 1. The van der Waals surface area contributed by atoms with E-state index >= 15 is 0 Å². The van der Waals surface area contributed by atoms with Gasteiger partial charge >= 0.3 is 0 Å². The second kappa shape index (κ2) is 10.4. The summed E-state index contributed by atoms with van der Waals surface area (Å²) in [6, 6.07) is 4.88. The van der Waals surface area contributed by atoms with Gasteiger partial charge in [-0.25, -0.2) is 8.42 Å². The second-order valence-corrected chi connectivity index (χ2v) is 11.1. The molecule has 1 fully saturated rings. The zero-order valence-corrected chi connectivity index (χ0v) is 20.8. The number of nitrogens with one attached hydrogen (secondary N) is 1. The molecule has 2 aromatic rings. The van der Waals surface area contributed by atoms with Crippen molar-refractivity contribution >= 4 is 26.9 Å². The maximum atomic E-state index is 13.3. The zero-order chi connectivity index (χ0) is 23.5. The molecule has 0 unspecified atom stereocenters. The van der Waals surface area contributed by atoms with Gasteiger partial charge in [0.2, 0.25) is 10.0 Å². The van der Waals surface area contributed by atoms with Gasteiger partial charge in [-0.05, 0) is 69.4 Å². The molecule has 1 aliphatic rings. The van der Waals surface area contributed by atoms with E-state index in [1.54, 1.807) is 29.4 Å². The number of fused-ring (bicyclic) bond motifs is 1. The standard InChI is InChI=1S/C24H37N3O4S/c1-6-26(7-2)12-8-11-25-24(28)23-19(5)21-14-20(9-10-22(21)31-23)32(29,30)27-15-17(3)13-18(4)16-27/h9-10,14,17-18H,6-8,11-13,15-16H2,1-5H3,(H,25,28)/t17-,18+. The normalized spacial score (nSPS) is 20.2. The Morgan fingerprint density at radius 3 is 2.47 bits per heavy atom. The molecule has 7 nitrogen and oxygen atoms in total. The number of piperidine rings is 1. The summed E-state index contributed by atoms with van der Waals surface area (Å²) in [7, 11) is -3.59. The highest BCUT2D eigenvalue weighted by Crippen LogP contribution is 2.31. The molecule has 1 aliphatic heterocycles. The van der Waals surface area contributed by atoms with E-state index in [2.05, 4.69) is 37.9 Å². The van der Waals surface area contributed by atoms with Gasteiger partial charge in [0.25, 0.3) is 5.91 Å². The summed E-state index contributed by atoms with van der Waals surface area (Å²) in [6.07, 6.45) is 1.90. The van der Waals surface area contributed by atoms with Crippen LogP contribution in [0.5, 0.6) is 0 Å². The molecule has 1 aromatic carbocycles. The first-order chi connectivity index (χ1) is 15.2. The van der Waals surface area contributed by atoms with Gasteiger partial charge in [0.1, 0.15) is 5.58 Å². The minimum absolute atomic E-state index is 0.248. The number of nitrogens with zero attached hydrogens (tertiary/aromatic N) is 2. The number of carbonyl (C=O) groups is 1. The van der Waals surface area contributed by atoms with Crippen LogP contribution in [-0.2, 0) is 10.0 Å². The third-order valence-electron chi connectivity index (χ3n) is 6.42. The van der Waals surface area contributed by atoms with Gasteiger partial charge in [-0.3, -0.25) is 4.79 Å². The molecule has 1 N–H and O–H groups in total. The van der Waals surface area contributed by atoms with Crippen molar-refractivity contribution in [1.82, 2.24) is 14.5 Å². The topological polar surface area (TPSA) is 82.9 Å². The fourth-order valence-corrected chi connectivity index (χ4v) is 6.36. The predicted molar refractivity (Wildman–Crippen MR) is 127 cm³/mol. The third kappa shape index (κ3) is 5.35. The van der Waals surface area contributed by atoms with Crippen LogP contribution in [0.1, 0.15) is 56.7 Å². The molecule has 0 spiro atoms. The molecule has 0 saturated carbocycles. The van der Waals surface area contributed by atoms with Crippen LogP contribution in [0.2, 0.25) is 0 Å². The van der Waals surface area contributed by atoms with Crippen molar-refractivity contribution < 1.29 is 17.6 Å². The predicted octanol–water partition coefficient (Wildman–Crippen LogP) is 3.87. The monoisotopic (exact) mass is 463 g/mol. The maximum Gasteiger partial charge on any atom is 0.287 e. The Balaban J connectivity index is 1.76. The van der Waals surface area contributed by atoms with Crippen LogP contribution in [0.3, 0.4) is 0 Å². The van der Waals surface area contributed by atoms with Crippen molar-refractivity contribution in [2.45, 2.75) is 52.4 Å². The van der Waals surface area contributed by atoms with Crippen LogP contribution in [0.25, 0.3) is 11.0 Å². The maximum absolute atomic E-state index is 13.3. The van der Waals surface area contributed by atoms with Crippen molar-refractivity contribution in [3.8, 4) is 0 Å². The molecule has 0 bridgehead atoms. The van der Waals surface area contributed by atoms with Crippen molar-refractivity contribution in [3.05, 3.63) is 29.5 Å². The number of hydrogen-bond donors (Lipinski definition) is 1. The lowest BCUT2D eigenvalue weighted by atomic mass is 9.94. The summed E-state index contributed by atoms with van der Waals surface area (Å²) >= 11 is 0. The summed E-state index contributed by atoms with van der Waals surface area (Å²) in [5.74, 6) is 0.661. The molecule has 1 aromatic heterocycles. The Bertz CT molecular complexity index is 1030. The number of aryl methyl sites for hydroxylation is 1. The number of benzene rings is 1. The minimum Gasteiger partial charge on any atom is -0.451 e. The van der Waals surface area contributed by atoms with E-state index < -0.39 is 10.0 Å². The van der Waals surface area contributed by atoms with E-state index in [0.717, 1.165) is 32.5 Å². The first kappa shape index (κ1) is 24.7. The Kier molecular flexibility index (Phi) is 8.01. The van der Waals surface area contributed by atoms with Gasteiger partial charge in [-0.2, -0.15) is 4.31 Å². The van der Waals surface area contributed by atoms with Gasteiger partial charge in [-0.1, -0.05) is 27.7 Å². The Morgan fingerprint density at radius 1 is 1.19 bits per heavy atom. The molecule has 32 heavy (non-hydrogen) atoms. The fraction of sp³-hybridized carbons (Fsp3) is 0.625. The number of rotatable bonds is 9. The zero-order valence-electron chi connectivity index (χ0n) is 20.0. The summed E-state index contributed by atoms with van der Waals surface area (Å²) in [5, 5.41) is 3.59. The van der Waals surface area contributed by atoms with E-state index in [9.17, 15) is 13.2 Å². The van der Waals surface area contributed by atoms with E-state index in [0.29, 0.717) is 48.0 Å². The Labute approximate surface area is 192 Å². The molecule has 1 amide bonds. The Morgan fingerprint density at radius 2 is 1.84 bits per heavy atom. The lowest BCUT2D eigenvalue weighted by molar-refractivity contribution is 0.0925. The molecule has 8 heteroatoms. The summed E-state index contributed by atoms with van der Waals surface area (Å²) in [4.78, 5) is 15.2. The summed E-state index contributed by atoms with van der Waals surface area (Å²) in [6.45, 7) is 14.8. The highest BCUT2D eigenvalue weighted by molar-refractivity contribution is 7.89. The van der Waals surface area contributed by atoms with Crippen molar-refractivity contribution in [1.29, 1.82) is 0 Å². The number of amides is 1. The lowest BCUT2D eigenvalue weighted by Gasteiger charge is -2.34. The largest absolute Gasteiger partial charge is 0.451 e. The van der Waals surface area contributed by atoms with Crippen molar-refractivity contribution in [3.63, 3.8) is 0 Å². The SMILES string of the molecule is CCN(CC)CCCNC(=O)c1oc2ccc(S(=O)(=O)N3C[C@H](C)C[C@H](C)C3)cc2c1C. The first-order valence-electron chi connectivity index (χ1n) is 11.7. The smallest absolute Gasteiger partial charge is 0.287 e. The van der Waals surface area contributed by atoms with Gasteiger partial charge in [0.05, 0.1) is 4.90 Å². The molecule has 178 valence electrons. The average Bonchev–Trinajstić information content (AvgIpc) is 3.09. The molecule has 3 rings (SSSR count). The lowest BCUT2D eigenvalue weighted by Crippen LogP contribution is -2.42. The number of furan rings is 1. The molecular weight excluding hydrogens is 426 g/mol. The first-order valence-corrected chi connectivity index (χ1v) is 13.1. The van der Waals surface area contributed by atoms with E-state index in [4.69, 9.17) is 4.42 Å². The molecule has 0 radical (unpaired) electrons. The minimum atomic E-state index is -3.59. The van der Waals surface area contributed by atoms with Crippen molar-refractivity contribution in [2.24, 2.45) is 11.8 Å². The van der Waals surface area contributed by atoms with Gasteiger partial charge in [0, 0.05) is 30.6 Å². The molecule has 0 aliphatic carbocycles. The quantitative estimate of drug-likeness (QED) is 0.571. The number of hydrogen-bond acceptors (Lipinski definition) is 5. The summed E-state index contributed by atoms with van der Waals surface area (Å²) in [5.41, 5.74) is 1.19. The van der Waals surface area contributed by atoms with Crippen LogP contribution in [0.4, 0.5) is 0 Å². The van der Waals surface area contributed by atoms with Crippen LogP contribution in [0, 0.1) is 18.8 Å². The van der Waals surface area contributed by atoms with E-state index in [-0.39, 0.29) is 16.6 Å². The fourth-order valence-electron chi connectivity index (χ4n) is 4.65. The molecule has 2 heterocycles. The molecule has 2 atom stereocenters. The van der Waals surface area contributed by atoms with Gasteiger partial charge in [0.15, 0.2) is 5.76 Å². The van der Waals surface area contributed by atoms with E-state index in [1.165, 1.54) is 0 Å². The van der Waals surface area contributed by atoms with Crippen molar-refractivity contribution in [2.75, 3.05) is 39.3 Å². The van der Waals surface area contributed by atoms with Crippen LogP contribution < -0.4 is 5.32 Å². The molecular formula is C24H37N3O4S. The number of carbonyl (C=O) groups excluding carboxylic acids is 1. The highest BCUT2D eigenvalue weighted by atomic mass is 32.2. The highest BCUT2D eigenvalue weighted by Gasteiger charge is 2.32. The van der Waals surface area contributed by atoms with Crippen LogP contribution in [-0.4, -0.2) is 62.8 Å². The van der Waals surface area contributed by atoms with Gasteiger partial charge < -0.3 is 14.6 Å².